The summed E-state index contributed by atoms with van der Waals surface area (Å²) in [6, 6.07) is 5.44. The maximum Gasteiger partial charge on any atom is 0.187 e. The van der Waals surface area contributed by atoms with Crippen molar-refractivity contribution in [2.45, 2.75) is 6.54 Å². The second-order valence-electron chi connectivity index (χ2n) is 3.88. The van der Waals surface area contributed by atoms with Crippen LogP contribution in [0.25, 0.3) is 4.85 Å². The number of morpholine rings is 1. The molecule has 1 saturated heterocycles. The Bertz CT molecular complexity index is 405. The van der Waals surface area contributed by atoms with Gasteiger partial charge in [0, 0.05) is 25.3 Å². The summed E-state index contributed by atoms with van der Waals surface area (Å²) in [5.74, 6) is 0. The monoisotopic (exact) mass is 217 g/mol. The van der Waals surface area contributed by atoms with Crippen LogP contribution in [0.15, 0.2) is 18.2 Å². The molecule has 1 aromatic rings. The van der Waals surface area contributed by atoms with E-state index < -0.39 is 0 Å². The molecule has 0 bridgehead atoms. The summed E-state index contributed by atoms with van der Waals surface area (Å²) in [5, 5.41) is 0. The molecule has 0 spiro atoms. The molecular weight excluding hydrogens is 202 g/mol. The highest BCUT2D eigenvalue weighted by Gasteiger charge is 2.12. The predicted octanol–water partition coefficient (Wildman–Crippen LogP) is 1.65. The van der Waals surface area contributed by atoms with E-state index in [9.17, 15) is 0 Å². The van der Waals surface area contributed by atoms with E-state index in [4.69, 9.17) is 17.0 Å². The van der Waals surface area contributed by atoms with Crippen LogP contribution >= 0.6 is 0 Å². The van der Waals surface area contributed by atoms with Gasteiger partial charge in [-0.3, -0.25) is 4.90 Å². The molecule has 84 valence electrons. The van der Waals surface area contributed by atoms with Crippen LogP contribution in [-0.2, 0) is 11.3 Å². The second kappa shape index (κ2) is 4.97. The van der Waals surface area contributed by atoms with E-state index in [1.807, 2.05) is 12.1 Å². The minimum absolute atomic E-state index is 0.650. The number of benzene rings is 1. The van der Waals surface area contributed by atoms with Gasteiger partial charge >= 0.3 is 0 Å². The van der Waals surface area contributed by atoms with Crippen molar-refractivity contribution in [1.82, 2.24) is 4.90 Å². The molecule has 4 nitrogen and oxygen atoms in total. The van der Waals surface area contributed by atoms with Crippen LogP contribution < -0.4 is 5.73 Å². The molecular formula is C12H15N3O. The minimum Gasteiger partial charge on any atom is -0.399 e. The Kier molecular flexibility index (Phi) is 3.40. The maximum absolute atomic E-state index is 6.98. The average molecular weight is 217 g/mol. The lowest BCUT2D eigenvalue weighted by atomic mass is 10.1. The molecule has 1 aliphatic rings. The second-order valence-corrected chi connectivity index (χ2v) is 3.88. The molecule has 16 heavy (non-hydrogen) atoms. The number of anilines is 1. The third-order valence-electron chi connectivity index (χ3n) is 2.75. The zero-order valence-electron chi connectivity index (χ0n) is 9.15. The van der Waals surface area contributed by atoms with Crippen molar-refractivity contribution in [3.05, 3.63) is 35.2 Å². The van der Waals surface area contributed by atoms with Gasteiger partial charge in [-0.05, 0) is 11.6 Å². The smallest absolute Gasteiger partial charge is 0.187 e. The molecule has 0 atom stereocenters. The highest BCUT2D eigenvalue weighted by Crippen LogP contribution is 2.21. The lowest BCUT2D eigenvalue weighted by molar-refractivity contribution is 0.0343. The quantitative estimate of drug-likeness (QED) is 0.605. The molecule has 1 aromatic carbocycles. The van der Waals surface area contributed by atoms with E-state index in [0.717, 1.165) is 44.1 Å². The van der Waals surface area contributed by atoms with Gasteiger partial charge in [0.25, 0.3) is 0 Å². The van der Waals surface area contributed by atoms with E-state index in [2.05, 4.69) is 9.74 Å². The highest BCUT2D eigenvalue weighted by molar-refractivity contribution is 5.57. The third-order valence-corrected chi connectivity index (χ3v) is 2.75. The van der Waals surface area contributed by atoms with Crippen molar-refractivity contribution >= 4 is 11.4 Å². The standard InChI is InChI=1S/C12H15N3O/c1-14-11-2-3-12(13)10(8-11)9-15-4-6-16-7-5-15/h2-3,8H,4-7,9,13H2. The number of nitrogens with zero attached hydrogens (tertiary/aromatic N) is 2. The first-order valence-corrected chi connectivity index (χ1v) is 5.35. The molecule has 0 amide bonds. The highest BCUT2D eigenvalue weighted by atomic mass is 16.5. The maximum atomic E-state index is 6.98. The summed E-state index contributed by atoms with van der Waals surface area (Å²) in [6.07, 6.45) is 0. The van der Waals surface area contributed by atoms with Crippen LogP contribution in [0.3, 0.4) is 0 Å². The van der Waals surface area contributed by atoms with Crippen LogP contribution in [0.1, 0.15) is 5.56 Å². The van der Waals surface area contributed by atoms with Crippen LogP contribution in [0.4, 0.5) is 11.4 Å². The summed E-state index contributed by atoms with van der Waals surface area (Å²) in [4.78, 5) is 5.71. The van der Waals surface area contributed by atoms with Crippen LogP contribution in [0.2, 0.25) is 0 Å². The van der Waals surface area contributed by atoms with Gasteiger partial charge < -0.3 is 10.5 Å². The largest absolute Gasteiger partial charge is 0.399 e. The summed E-state index contributed by atoms with van der Waals surface area (Å²) < 4.78 is 5.29. The van der Waals surface area contributed by atoms with Crippen molar-refractivity contribution in [2.75, 3.05) is 32.0 Å². The Morgan fingerprint density at radius 2 is 2.12 bits per heavy atom. The van der Waals surface area contributed by atoms with E-state index in [-0.39, 0.29) is 0 Å². The van der Waals surface area contributed by atoms with Crippen LogP contribution in [0, 0.1) is 6.57 Å². The van der Waals surface area contributed by atoms with E-state index >= 15 is 0 Å². The molecule has 1 fully saturated rings. The van der Waals surface area contributed by atoms with E-state index in [1.165, 1.54) is 0 Å². The molecule has 4 heteroatoms. The summed E-state index contributed by atoms with van der Waals surface area (Å²) in [5.41, 5.74) is 8.35. The number of rotatable bonds is 2. The Morgan fingerprint density at radius 3 is 2.81 bits per heavy atom. The molecule has 2 rings (SSSR count). The van der Waals surface area contributed by atoms with Gasteiger partial charge in [-0.2, -0.15) is 0 Å². The molecule has 0 aromatic heterocycles. The van der Waals surface area contributed by atoms with Crippen molar-refractivity contribution in [1.29, 1.82) is 0 Å². The van der Waals surface area contributed by atoms with Gasteiger partial charge in [0.1, 0.15) is 0 Å². The molecule has 2 N–H and O–H groups in total. The van der Waals surface area contributed by atoms with Crippen molar-refractivity contribution < 1.29 is 4.74 Å². The Labute approximate surface area is 95.4 Å². The molecule has 0 unspecified atom stereocenters. The zero-order valence-corrected chi connectivity index (χ0v) is 9.15. The fraction of sp³-hybridized carbons (Fsp3) is 0.417. The molecule has 0 aliphatic carbocycles. The van der Waals surface area contributed by atoms with Gasteiger partial charge in [0.15, 0.2) is 5.69 Å². The number of hydrogen-bond acceptors (Lipinski definition) is 3. The van der Waals surface area contributed by atoms with Gasteiger partial charge in [-0.15, -0.1) is 0 Å². The Hall–Kier alpha value is -1.57. The first-order valence-electron chi connectivity index (χ1n) is 5.35. The lowest BCUT2D eigenvalue weighted by Crippen LogP contribution is -2.35. The Balaban J connectivity index is 2.10. The molecule has 1 heterocycles. The lowest BCUT2D eigenvalue weighted by Gasteiger charge is -2.27. The fourth-order valence-electron chi connectivity index (χ4n) is 1.80. The van der Waals surface area contributed by atoms with Gasteiger partial charge in [-0.25, -0.2) is 4.85 Å². The van der Waals surface area contributed by atoms with E-state index in [0.29, 0.717) is 5.69 Å². The predicted molar refractivity (Wildman–Crippen MR) is 63.2 cm³/mol. The van der Waals surface area contributed by atoms with Crippen molar-refractivity contribution in [3.8, 4) is 0 Å². The fourth-order valence-corrected chi connectivity index (χ4v) is 1.80. The van der Waals surface area contributed by atoms with E-state index in [1.54, 1.807) is 6.07 Å². The first-order chi connectivity index (χ1) is 7.79. The molecule has 0 radical (unpaired) electrons. The minimum atomic E-state index is 0.650. The third kappa shape index (κ3) is 2.51. The molecule has 0 saturated carbocycles. The number of ether oxygens (including phenoxy) is 1. The van der Waals surface area contributed by atoms with Gasteiger partial charge in [0.2, 0.25) is 0 Å². The Morgan fingerprint density at radius 1 is 1.38 bits per heavy atom. The summed E-state index contributed by atoms with van der Waals surface area (Å²) in [7, 11) is 0. The number of hydrogen-bond donors (Lipinski definition) is 1. The average Bonchev–Trinajstić information content (AvgIpc) is 2.33. The van der Waals surface area contributed by atoms with Crippen LogP contribution in [0.5, 0.6) is 0 Å². The number of nitrogen functional groups attached to an aromatic ring is 1. The summed E-state index contributed by atoms with van der Waals surface area (Å²) >= 11 is 0. The summed E-state index contributed by atoms with van der Waals surface area (Å²) in [6.45, 7) is 11.2. The topological polar surface area (TPSA) is 42.8 Å². The van der Waals surface area contributed by atoms with Crippen molar-refractivity contribution in [2.24, 2.45) is 0 Å². The van der Waals surface area contributed by atoms with Gasteiger partial charge in [0.05, 0.1) is 19.8 Å². The zero-order chi connectivity index (χ0) is 11.4. The SMILES string of the molecule is [C-]#[N+]c1ccc(N)c(CN2CCOCC2)c1. The van der Waals surface area contributed by atoms with Crippen LogP contribution in [-0.4, -0.2) is 31.2 Å². The van der Waals surface area contributed by atoms with Crippen molar-refractivity contribution in [3.63, 3.8) is 0 Å². The molecule has 1 aliphatic heterocycles. The normalized spacial score (nSPS) is 16.9. The van der Waals surface area contributed by atoms with Gasteiger partial charge in [-0.1, -0.05) is 12.1 Å². The first kappa shape index (κ1) is 10.9. The number of nitrogens with two attached hydrogens (primary N) is 1.